The summed E-state index contributed by atoms with van der Waals surface area (Å²) in [4.78, 5) is 13.8. The smallest absolute Gasteiger partial charge is 0.312 e. The molecule has 1 N–H and O–H groups in total. The monoisotopic (exact) mass is 240 g/mol. The van der Waals surface area contributed by atoms with Gasteiger partial charge in [-0.1, -0.05) is 6.92 Å². The molecule has 1 saturated heterocycles. The van der Waals surface area contributed by atoms with Gasteiger partial charge in [-0.05, 0) is 25.0 Å². The molecule has 0 saturated carbocycles. The molecule has 0 aliphatic carbocycles. The third kappa shape index (κ3) is 2.13. The Balaban J connectivity index is 2.14. The number of ether oxygens (including phenoxy) is 1. The second kappa shape index (κ2) is 4.55. The van der Waals surface area contributed by atoms with Crippen LogP contribution in [0.5, 0.6) is 0 Å². The van der Waals surface area contributed by atoms with E-state index in [1.54, 1.807) is 11.3 Å². The first-order chi connectivity index (χ1) is 7.66. The van der Waals surface area contributed by atoms with E-state index in [1.165, 1.54) is 4.88 Å². The first-order valence-corrected chi connectivity index (χ1v) is 6.37. The van der Waals surface area contributed by atoms with Gasteiger partial charge in [0.1, 0.15) is 0 Å². The zero-order chi connectivity index (χ0) is 11.6. The number of hydrogen-bond acceptors (Lipinski definition) is 3. The molecule has 16 heavy (non-hydrogen) atoms. The van der Waals surface area contributed by atoms with Gasteiger partial charge < -0.3 is 9.84 Å². The highest BCUT2D eigenvalue weighted by Gasteiger charge is 2.42. The summed E-state index contributed by atoms with van der Waals surface area (Å²) in [5.41, 5.74) is -0.685. The van der Waals surface area contributed by atoms with Crippen LogP contribution < -0.4 is 0 Å². The summed E-state index contributed by atoms with van der Waals surface area (Å²) in [7, 11) is 0. The molecule has 1 aliphatic rings. The van der Waals surface area contributed by atoms with Crippen molar-refractivity contribution in [3.05, 3.63) is 21.9 Å². The van der Waals surface area contributed by atoms with Crippen LogP contribution in [0.25, 0.3) is 0 Å². The number of hydrogen-bond donors (Lipinski definition) is 1. The van der Waals surface area contributed by atoms with Gasteiger partial charge >= 0.3 is 5.97 Å². The number of rotatable bonds is 4. The summed E-state index contributed by atoms with van der Waals surface area (Å²) in [5.74, 6) is -0.726. The van der Waals surface area contributed by atoms with E-state index < -0.39 is 11.4 Å². The van der Waals surface area contributed by atoms with Crippen LogP contribution in [0.15, 0.2) is 12.1 Å². The third-order valence-corrected chi connectivity index (χ3v) is 4.36. The molecule has 1 aromatic rings. The van der Waals surface area contributed by atoms with Crippen LogP contribution in [0.4, 0.5) is 0 Å². The van der Waals surface area contributed by atoms with Crippen LogP contribution in [0.1, 0.15) is 23.1 Å². The van der Waals surface area contributed by atoms with Crippen molar-refractivity contribution in [3.8, 4) is 0 Å². The lowest BCUT2D eigenvalue weighted by atomic mass is 9.83. The fraction of sp³-hybridized carbons (Fsp3) is 0.583. The lowest BCUT2D eigenvalue weighted by Crippen LogP contribution is -2.33. The average Bonchev–Trinajstić information content (AvgIpc) is 2.88. The molecule has 0 aromatic carbocycles. The van der Waals surface area contributed by atoms with Crippen LogP contribution in [-0.2, 0) is 22.4 Å². The lowest BCUT2D eigenvalue weighted by Gasteiger charge is -2.20. The van der Waals surface area contributed by atoms with Crippen molar-refractivity contribution in [2.75, 3.05) is 13.2 Å². The summed E-state index contributed by atoms with van der Waals surface area (Å²) < 4.78 is 5.25. The van der Waals surface area contributed by atoms with Crippen molar-refractivity contribution in [2.24, 2.45) is 5.41 Å². The van der Waals surface area contributed by atoms with E-state index in [2.05, 4.69) is 13.0 Å². The molecule has 0 amide bonds. The van der Waals surface area contributed by atoms with Gasteiger partial charge in [-0.2, -0.15) is 0 Å². The predicted molar refractivity (Wildman–Crippen MR) is 62.9 cm³/mol. The Morgan fingerprint density at radius 3 is 2.81 bits per heavy atom. The molecule has 1 unspecified atom stereocenters. The van der Waals surface area contributed by atoms with E-state index in [0.29, 0.717) is 26.1 Å². The molecule has 1 aromatic heterocycles. The molecule has 1 aliphatic heterocycles. The van der Waals surface area contributed by atoms with Gasteiger partial charge in [0.2, 0.25) is 0 Å². The molecule has 2 rings (SSSR count). The molecule has 88 valence electrons. The maximum absolute atomic E-state index is 11.3. The zero-order valence-corrected chi connectivity index (χ0v) is 10.2. The van der Waals surface area contributed by atoms with Crippen LogP contribution >= 0.6 is 11.3 Å². The van der Waals surface area contributed by atoms with Crippen molar-refractivity contribution in [1.82, 2.24) is 0 Å². The molecular weight excluding hydrogens is 224 g/mol. The Labute approximate surface area is 99.1 Å². The highest BCUT2D eigenvalue weighted by atomic mass is 32.1. The fourth-order valence-corrected chi connectivity index (χ4v) is 3.13. The quantitative estimate of drug-likeness (QED) is 0.878. The molecule has 1 fully saturated rings. The maximum Gasteiger partial charge on any atom is 0.312 e. The van der Waals surface area contributed by atoms with Crippen LogP contribution in [0.3, 0.4) is 0 Å². The summed E-state index contributed by atoms with van der Waals surface area (Å²) in [6.07, 6.45) is 2.25. The van der Waals surface area contributed by atoms with Gasteiger partial charge in [-0.3, -0.25) is 4.79 Å². The Hall–Kier alpha value is -0.870. The molecule has 0 spiro atoms. The summed E-state index contributed by atoms with van der Waals surface area (Å²) >= 11 is 1.72. The molecular formula is C12H16O3S. The van der Waals surface area contributed by atoms with Crippen molar-refractivity contribution >= 4 is 17.3 Å². The molecule has 3 nitrogen and oxygen atoms in total. The first kappa shape index (κ1) is 11.6. The molecule has 1 atom stereocenters. The van der Waals surface area contributed by atoms with Gasteiger partial charge in [-0.25, -0.2) is 0 Å². The predicted octanol–water partition coefficient (Wildman–Crippen LogP) is 2.34. The zero-order valence-electron chi connectivity index (χ0n) is 9.36. The Bertz CT molecular complexity index is 377. The molecule has 4 heteroatoms. The number of carboxylic acids is 1. The minimum absolute atomic E-state index is 0.349. The van der Waals surface area contributed by atoms with Crippen LogP contribution in [-0.4, -0.2) is 24.3 Å². The average molecular weight is 240 g/mol. The second-order valence-electron chi connectivity index (χ2n) is 4.29. The highest BCUT2D eigenvalue weighted by Crippen LogP contribution is 2.35. The highest BCUT2D eigenvalue weighted by molar-refractivity contribution is 7.12. The maximum atomic E-state index is 11.3. The van der Waals surface area contributed by atoms with Crippen molar-refractivity contribution in [2.45, 2.75) is 26.2 Å². The number of aliphatic carboxylic acids is 1. The van der Waals surface area contributed by atoms with Gasteiger partial charge in [0.05, 0.1) is 12.0 Å². The largest absolute Gasteiger partial charge is 0.481 e. The number of thiophene rings is 1. The van der Waals surface area contributed by atoms with Gasteiger partial charge in [0.25, 0.3) is 0 Å². The standard InChI is InChI=1S/C12H16O3S/c1-2-9-3-4-10(16-9)7-12(11(13)14)5-6-15-8-12/h3-4H,2,5-8H2,1H3,(H,13,14). The fourth-order valence-electron chi connectivity index (χ4n) is 2.03. The van der Waals surface area contributed by atoms with Crippen molar-refractivity contribution in [3.63, 3.8) is 0 Å². The first-order valence-electron chi connectivity index (χ1n) is 5.55. The third-order valence-electron chi connectivity index (χ3n) is 3.14. The number of aryl methyl sites for hydroxylation is 1. The molecule has 0 radical (unpaired) electrons. The minimum atomic E-state index is -0.726. The van der Waals surface area contributed by atoms with Crippen molar-refractivity contribution < 1.29 is 14.6 Å². The normalized spacial score (nSPS) is 24.8. The molecule has 2 heterocycles. The summed E-state index contributed by atoms with van der Waals surface area (Å²) in [5, 5.41) is 9.31. The Morgan fingerprint density at radius 2 is 2.31 bits per heavy atom. The van der Waals surface area contributed by atoms with Gasteiger partial charge in [0.15, 0.2) is 0 Å². The topological polar surface area (TPSA) is 46.5 Å². The van der Waals surface area contributed by atoms with Gasteiger partial charge in [0, 0.05) is 22.8 Å². The lowest BCUT2D eigenvalue weighted by molar-refractivity contribution is -0.148. The van der Waals surface area contributed by atoms with E-state index in [0.717, 1.165) is 11.3 Å². The van der Waals surface area contributed by atoms with Gasteiger partial charge in [-0.15, -0.1) is 11.3 Å². The van der Waals surface area contributed by atoms with E-state index in [9.17, 15) is 9.90 Å². The van der Waals surface area contributed by atoms with Crippen LogP contribution in [0, 0.1) is 5.41 Å². The summed E-state index contributed by atoms with van der Waals surface area (Å²) in [6, 6.07) is 4.14. The van der Waals surface area contributed by atoms with Crippen LogP contribution in [0.2, 0.25) is 0 Å². The SMILES string of the molecule is CCc1ccc(CC2(C(=O)O)CCOC2)s1. The van der Waals surface area contributed by atoms with E-state index in [-0.39, 0.29) is 0 Å². The number of carboxylic acid groups (broad SMARTS) is 1. The molecule has 0 bridgehead atoms. The Kier molecular flexibility index (Phi) is 3.30. The Morgan fingerprint density at radius 1 is 1.56 bits per heavy atom. The van der Waals surface area contributed by atoms with E-state index in [1.807, 2.05) is 6.07 Å². The number of carbonyl (C=O) groups is 1. The summed E-state index contributed by atoms with van der Waals surface area (Å²) in [6.45, 7) is 3.03. The van der Waals surface area contributed by atoms with Crippen molar-refractivity contribution in [1.29, 1.82) is 0 Å². The van der Waals surface area contributed by atoms with E-state index in [4.69, 9.17) is 4.74 Å². The second-order valence-corrected chi connectivity index (χ2v) is 5.54. The minimum Gasteiger partial charge on any atom is -0.481 e. The van der Waals surface area contributed by atoms with E-state index >= 15 is 0 Å².